The number of nitrogens with zero attached hydrogens (tertiary/aromatic N) is 4. The molecule has 1 atom stereocenters. The summed E-state index contributed by atoms with van der Waals surface area (Å²) in [4.78, 5) is 22.6. The quantitative estimate of drug-likeness (QED) is 0.503. The van der Waals surface area contributed by atoms with E-state index in [1.807, 2.05) is 44.2 Å². The smallest absolute Gasteiger partial charge is 0.227 e. The highest BCUT2D eigenvalue weighted by Crippen LogP contribution is 2.29. The van der Waals surface area contributed by atoms with Gasteiger partial charge in [0, 0.05) is 18.8 Å². The van der Waals surface area contributed by atoms with Crippen LogP contribution in [0, 0.1) is 5.92 Å². The number of benzene rings is 1. The summed E-state index contributed by atoms with van der Waals surface area (Å²) in [7, 11) is 1.78. The van der Waals surface area contributed by atoms with Crippen LogP contribution in [-0.4, -0.2) is 39.2 Å². The van der Waals surface area contributed by atoms with Crippen molar-refractivity contribution in [1.29, 1.82) is 0 Å². The summed E-state index contributed by atoms with van der Waals surface area (Å²) in [5.41, 5.74) is 2.23. The highest BCUT2D eigenvalue weighted by molar-refractivity contribution is 5.81. The van der Waals surface area contributed by atoms with Crippen molar-refractivity contribution in [2.75, 3.05) is 7.05 Å². The number of carbonyl (C=O) groups excluding carboxylic acids is 1. The van der Waals surface area contributed by atoms with Crippen molar-refractivity contribution in [2.24, 2.45) is 11.1 Å². The first kappa shape index (κ1) is 17.6. The van der Waals surface area contributed by atoms with Crippen LogP contribution in [0.4, 0.5) is 0 Å². The minimum absolute atomic E-state index is 0.00985. The standard InChI is InChI=1S/C18H22N4O2/c1-13(2)18(15-10-19-12-20-16(15)11-21-24)22(3)17(23)9-14-7-5-4-6-8-14/h4-8,10-13,18,24H,9H2,1-3H3/b21-11-. The molecule has 1 N–H and O–H groups in total. The fraction of sp³-hybridized carbons (Fsp3) is 0.333. The summed E-state index contributed by atoms with van der Waals surface area (Å²) in [5.74, 6) is 0.155. The van der Waals surface area contributed by atoms with Gasteiger partial charge in [-0.2, -0.15) is 0 Å². The van der Waals surface area contributed by atoms with Gasteiger partial charge in [0.05, 0.1) is 24.4 Å². The van der Waals surface area contributed by atoms with Crippen molar-refractivity contribution in [3.8, 4) is 0 Å². The van der Waals surface area contributed by atoms with Gasteiger partial charge in [0.25, 0.3) is 0 Å². The van der Waals surface area contributed by atoms with Crippen LogP contribution in [0.5, 0.6) is 0 Å². The molecular formula is C18H22N4O2. The minimum atomic E-state index is -0.213. The minimum Gasteiger partial charge on any atom is -0.411 e. The van der Waals surface area contributed by atoms with Gasteiger partial charge in [-0.25, -0.2) is 9.97 Å². The molecule has 0 bridgehead atoms. The Bertz CT molecular complexity index is 701. The van der Waals surface area contributed by atoms with E-state index in [2.05, 4.69) is 15.1 Å². The summed E-state index contributed by atoms with van der Waals surface area (Å²) in [6.07, 6.45) is 4.66. The molecule has 1 amide bonds. The number of hydrogen-bond donors (Lipinski definition) is 1. The number of amides is 1. The van der Waals surface area contributed by atoms with E-state index in [0.29, 0.717) is 12.1 Å². The first-order valence-corrected chi connectivity index (χ1v) is 7.81. The Labute approximate surface area is 141 Å². The maximum atomic E-state index is 12.7. The molecular weight excluding hydrogens is 304 g/mol. The molecule has 0 fully saturated rings. The zero-order valence-corrected chi connectivity index (χ0v) is 14.1. The number of carbonyl (C=O) groups is 1. The molecule has 126 valence electrons. The Morgan fingerprint density at radius 1 is 1.33 bits per heavy atom. The van der Waals surface area contributed by atoms with Gasteiger partial charge < -0.3 is 10.1 Å². The first-order chi connectivity index (χ1) is 11.5. The third-order valence-corrected chi connectivity index (χ3v) is 3.91. The maximum absolute atomic E-state index is 12.7. The van der Waals surface area contributed by atoms with Crippen LogP contribution in [0.3, 0.4) is 0 Å². The highest BCUT2D eigenvalue weighted by Gasteiger charge is 2.27. The van der Waals surface area contributed by atoms with Crippen molar-refractivity contribution in [2.45, 2.75) is 26.3 Å². The molecule has 2 aromatic rings. The molecule has 6 nitrogen and oxygen atoms in total. The molecule has 1 aromatic carbocycles. The third-order valence-electron chi connectivity index (χ3n) is 3.91. The Kier molecular flexibility index (Phi) is 6.01. The van der Waals surface area contributed by atoms with E-state index in [9.17, 15) is 4.79 Å². The van der Waals surface area contributed by atoms with Crippen LogP contribution < -0.4 is 0 Å². The second-order valence-corrected chi connectivity index (χ2v) is 5.96. The molecule has 1 unspecified atom stereocenters. The average molecular weight is 326 g/mol. The molecule has 0 saturated heterocycles. The molecule has 0 aliphatic rings. The van der Waals surface area contributed by atoms with Crippen LogP contribution in [0.1, 0.15) is 36.7 Å². The van der Waals surface area contributed by atoms with E-state index in [0.717, 1.165) is 11.1 Å². The van der Waals surface area contributed by atoms with Gasteiger partial charge in [-0.1, -0.05) is 49.3 Å². The van der Waals surface area contributed by atoms with Crippen molar-refractivity contribution in [1.82, 2.24) is 14.9 Å². The van der Waals surface area contributed by atoms with Gasteiger partial charge in [-0.05, 0) is 11.5 Å². The topological polar surface area (TPSA) is 78.7 Å². The van der Waals surface area contributed by atoms with Gasteiger partial charge in [0.2, 0.25) is 5.91 Å². The zero-order chi connectivity index (χ0) is 17.5. The molecule has 0 aliphatic carbocycles. The molecule has 6 heteroatoms. The molecule has 0 radical (unpaired) electrons. The third kappa shape index (κ3) is 4.16. The lowest BCUT2D eigenvalue weighted by Crippen LogP contribution is -2.36. The maximum Gasteiger partial charge on any atom is 0.227 e. The summed E-state index contributed by atoms with van der Waals surface area (Å²) in [5, 5.41) is 11.9. The van der Waals surface area contributed by atoms with Crippen molar-refractivity contribution in [3.63, 3.8) is 0 Å². The van der Waals surface area contributed by atoms with Gasteiger partial charge in [0.1, 0.15) is 6.33 Å². The van der Waals surface area contributed by atoms with Gasteiger partial charge in [-0.15, -0.1) is 0 Å². The molecule has 1 heterocycles. The molecule has 0 spiro atoms. The zero-order valence-electron chi connectivity index (χ0n) is 14.1. The average Bonchev–Trinajstić information content (AvgIpc) is 2.57. The second kappa shape index (κ2) is 8.19. The predicted octanol–water partition coefficient (Wildman–Crippen LogP) is 2.68. The molecule has 1 aromatic heterocycles. The Morgan fingerprint density at radius 2 is 2.04 bits per heavy atom. The number of hydrogen-bond acceptors (Lipinski definition) is 5. The van der Waals surface area contributed by atoms with Gasteiger partial charge in [0.15, 0.2) is 0 Å². The summed E-state index contributed by atoms with van der Waals surface area (Å²) in [6, 6.07) is 9.43. The Hall–Kier alpha value is -2.76. The monoisotopic (exact) mass is 326 g/mol. The molecule has 0 saturated carbocycles. The molecule has 0 aliphatic heterocycles. The lowest BCUT2D eigenvalue weighted by molar-refractivity contribution is -0.132. The van der Waals surface area contributed by atoms with E-state index in [-0.39, 0.29) is 17.9 Å². The summed E-state index contributed by atoms with van der Waals surface area (Å²) in [6.45, 7) is 4.06. The van der Waals surface area contributed by atoms with Crippen LogP contribution >= 0.6 is 0 Å². The molecule has 24 heavy (non-hydrogen) atoms. The number of oxime groups is 1. The summed E-state index contributed by atoms with van der Waals surface area (Å²) < 4.78 is 0. The number of rotatable bonds is 6. The summed E-state index contributed by atoms with van der Waals surface area (Å²) >= 11 is 0. The highest BCUT2D eigenvalue weighted by atomic mass is 16.4. The molecule has 2 rings (SSSR count). The van der Waals surface area contributed by atoms with Crippen LogP contribution in [0.25, 0.3) is 0 Å². The Balaban J connectivity index is 2.29. The van der Waals surface area contributed by atoms with E-state index in [4.69, 9.17) is 5.21 Å². The Morgan fingerprint density at radius 3 is 2.67 bits per heavy atom. The van der Waals surface area contributed by atoms with Crippen LogP contribution in [0.15, 0.2) is 48.0 Å². The normalized spacial score (nSPS) is 12.5. The van der Waals surface area contributed by atoms with Crippen LogP contribution in [-0.2, 0) is 11.2 Å². The van der Waals surface area contributed by atoms with E-state index < -0.39 is 0 Å². The largest absolute Gasteiger partial charge is 0.411 e. The van der Waals surface area contributed by atoms with Crippen molar-refractivity contribution in [3.05, 3.63) is 59.7 Å². The van der Waals surface area contributed by atoms with Crippen molar-refractivity contribution >= 4 is 12.1 Å². The SMILES string of the molecule is CC(C)C(c1cncnc1/C=N\O)N(C)C(=O)Cc1ccccc1. The lowest BCUT2D eigenvalue weighted by Gasteiger charge is -2.32. The van der Waals surface area contributed by atoms with Crippen molar-refractivity contribution < 1.29 is 10.0 Å². The second-order valence-electron chi connectivity index (χ2n) is 5.96. The predicted molar refractivity (Wildman–Crippen MR) is 91.9 cm³/mol. The van der Waals surface area contributed by atoms with Gasteiger partial charge in [-0.3, -0.25) is 4.79 Å². The van der Waals surface area contributed by atoms with Crippen LogP contribution in [0.2, 0.25) is 0 Å². The fourth-order valence-corrected chi connectivity index (χ4v) is 2.81. The lowest BCUT2D eigenvalue weighted by atomic mass is 9.94. The van der Waals surface area contributed by atoms with E-state index in [1.165, 1.54) is 12.5 Å². The van der Waals surface area contributed by atoms with Gasteiger partial charge >= 0.3 is 0 Å². The number of aromatic nitrogens is 2. The van der Waals surface area contributed by atoms with E-state index in [1.54, 1.807) is 18.1 Å². The first-order valence-electron chi connectivity index (χ1n) is 7.81. The fourth-order valence-electron chi connectivity index (χ4n) is 2.81. The number of likely N-dealkylation sites (N-methyl/N-ethyl adjacent to an activating group) is 1. The van der Waals surface area contributed by atoms with E-state index >= 15 is 0 Å².